The molecule has 0 aromatic heterocycles. The van der Waals surface area contributed by atoms with Crippen molar-refractivity contribution in [3.05, 3.63) is 23.8 Å². The molecule has 1 aliphatic carbocycles. The minimum Gasteiger partial charge on any atom is -0.489 e. The summed E-state index contributed by atoms with van der Waals surface area (Å²) >= 11 is 0. The fraction of sp³-hybridized carbons (Fsp3) is 0.579. The fourth-order valence-corrected chi connectivity index (χ4v) is 3.34. The Morgan fingerprint density at radius 2 is 2.00 bits per heavy atom. The van der Waals surface area contributed by atoms with Crippen molar-refractivity contribution in [1.29, 1.82) is 0 Å². The molecule has 1 heterocycles. The molecule has 0 saturated heterocycles. The van der Waals surface area contributed by atoms with Crippen LogP contribution in [0.5, 0.6) is 5.75 Å². The molecule has 1 aromatic carbocycles. The van der Waals surface area contributed by atoms with Crippen molar-refractivity contribution in [3.8, 4) is 5.75 Å². The van der Waals surface area contributed by atoms with Crippen LogP contribution in [-0.4, -0.2) is 68.0 Å². The lowest BCUT2D eigenvalue weighted by atomic mass is 10.1. The van der Waals surface area contributed by atoms with E-state index in [4.69, 9.17) is 4.74 Å². The molecular weight excluding hydrogens is 318 g/mol. The molecule has 3 rings (SSSR count). The highest BCUT2D eigenvalue weighted by atomic mass is 16.5. The summed E-state index contributed by atoms with van der Waals surface area (Å²) in [6.07, 6.45) is 2.68. The lowest BCUT2D eigenvalue weighted by Crippen LogP contribution is -2.45. The maximum Gasteiger partial charge on any atom is 0.253 e. The molecular formula is C19H27N3O3. The van der Waals surface area contributed by atoms with E-state index in [9.17, 15) is 9.59 Å². The van der Waals surface area contributed by atoms with Crippen molar-refractivity contribution in [3.63, 3.8) is 0 Å². The third-order valence-corrected chi connectivity index (χ3v) is 5.03. The van der Waals surface area contributed by atoms with Gasteiger partial charge in [-0.2, -0.15) is 0 Å². The molecule has 0 radical (unpaired) electrons. The van der Waals surface area contributed by atoms with Gasteiger partial charge in [-0.3, -0.25) is 9.59 Å². The van der Waals surface area contributed by atoms with Crippen molar-refractivity contribution in [2.24, 2.45) is 0 Å². The van der Waals surface area contributed by atoms with Crippen LogP contribution in [0.3, 0.4) is 0 Å². The normalized spacial score (nSPS) is 19.0. The lowest BCUT2D eigenvalue weighted by Gasteiger charge is -2.36. The topological polar surface area (TPSA) is 53.1 Å². The molecule has 136 valence electrons. The first-order valence-corrected chi connectivity index (χ1v) is 8.93. The van der Waals surface area contributed by atoms with Crippen LogP contribution in [0.1, 0.15) is 36.5 Å². The first kappa shape index (κ1) is 17.6. The standard InChI is InChI=1S/C19H27N3O3/c1-5-22(14-7-8-14)18(23)11-15-12-25-17-9-6-13(19(24)20(2)3)10-16(17)21(15)4/h6,9-10,14-15H,5,7-8,11-12H2,1-4H3/t15-/m0/s1. The number of nitrogens with zero attached hydrogens (tertiary/aromatic N) is 3. The number of likely N-dealkylation sites (N-methyl/N-ethyl adjacent to an activating group) is 1. The lowest BCUT2D eigenvalue weighted by molar-refractivity contribution is -0.132. The van der Waals surface area contributed by atoms with Crippen LogP contribution < -0.4 is 9.64 Å². The number of benzene rings is 1. The first-order valence-electron chi connectivity index (χ1n) is 8.93. The fourth-order valence-electron chi connectivity index (χ4n) is 3.34. The van der Waals surface area contributed by atoms with Gasteiger partial charge in [0.2, 0.25) is 5.91 Å². The largest absolute Gasteiger partial charge is 0.489 e. The number of ether oxygens (including phenoxy) is 1. The van der Waals surface area contributed by atoms with Gasteiger partial charge in [-0.1, -0.05) is 0 Å². The summed E-state index contributed by atoms with van der Waals surface area (Å²) in [5, 5.41) is 0. The molecule has 1 aliphatic heterocycles. The van der Waals surface area contributed by atoms with Gasteiger partial charge in [0.25, 0.3) is 5.91 Å². The van der Waals surface area contributed by atoms with Gasteiger partial charge in [0.1, 0.15) is 12.4 Å². The summed E-state index contributed by atoms with van der Waals surface area (Å²) in [5.41, 5.74) is 1.49. The SMILES string of the molecule is CCN(C(=O)C[C@H]1COc2ccc(C(=O)N(C)C)cc2N1C)C1CC1. The third-order valence-electron chi connectivity index (χ3n) is 5.03. The molecule has 2 amide bonds. The van der Waals surface area contributed by atoms with E-state index < -0.39 is 0 Å². The second-order valence-corrected chi connectivity index (χ2v) is 7.07. The van der Waals surface area contributed by atoms with E-state index in [-0.39, 0.29) is 17.9 Å². The van der Waals surface area contributed by atoms with Gasteiger partial charge in [-0.25, -0.2) is 0 Å². The van der Waals surface area contributed by atoms with E-state index in [1.54, 1.807) is 25.1 Å². The Balaban J connectivity index is 1.75. The molecule has 0 unspecified atom stereocenters. The molecule has 25 heavy (non-hydrogen) atoms. The van der Waals surface area contributed by atoms with Crippen LogP contribution >= 0.6 is 0 Å². The van der Waals surface area contributed by atoms with E-state index in [1.807, 2.05) is 31.0 Å². The van der Waals surface area contributed by atoms with E-state index in [1.165, 1.54) is 0 Å². The predicted octanol–water partition coefficient (Wildman–Crippen LogP) is 1.99. The van der Waals surface area contributed by atoms with Crippen molar-refractivity contribution < 1.29 is 14.3 Å². The summed E-state index contributed by atoms with van der Waals surface area (Å²) in [6, 6.07) is 5.89. The van der Waals surface area contributed by atoms with Gasteiger partial charge in [-0.15, -0.1) is 0 Å². The zero-order valence-corrected chi connectivity index (χ0v) is 15.5. The average Bonchev–Trinajstić information content (AvgIpc) is 3.42. The van der Waals surface area contributed by atoms with Gasteiger partial charge in [0.15, 0.2) is 0 Å². The smallest absolute Gasteiger partial charge is 0.253 e. The Morgan fingerprint density at radius 1 is 1.28 bits per heavy atom. The Labute approximate surface area is 149 Å². The number of carbonyl (C=O) groups is 2. The molecule has 1 fully saturated rings. The van der Waals surface area contributed by atoms with Crippen molar-refractivity contribution in [2.75, 3.05) is 39.2 Å². The summed E-state index contributed by atoms with van der Waals surface area (Å²) in [7, 11) is 5.44. The molecule has 2 aliphatic rings. The zero-order valence-electron chi connectivity index (χ0n) is 15.5. The van der Waals surface area contributed by atoms with Gasteiger partial charge >= 0.3 is 0 Å². The van der Waals surface area contributed by atoms with Gasteiger partial charge < -0.3 is 19.4 Å². The quantitative estimate of drug-likeness (QED) is 0.819. The summed E-state index contributed by atoms with van der Waals surface area (Å²) in [6.45, 7) is 3.28. The van der Waals surface area contributed by atoms with Crippen LogP contribution in [0, 0.1) is 0 Å². The van der Waals surface area contributed by atoms with E-state index in [2.05, 4.69) is 4.90 Å². The van der Waals surface area contributed by atoms with Crippen LogP contribution in [0.4, 0.5) is 5.69 Å². The number of anilines is 1. The second-order valence-electron chi connectivity index (χ2n) is 7.07. The first-order chi connectivity index (χ1) is 11.9. The molecule has 1 saturated carbocycles. The molecule has 1 aromatic rings. The maximum absolute atomic E-state index is 12.6. The van der Waals surface area contributed by atoms with Crippen molar-refractivity contribution >= 4 is 17.5 Å². The highest BCUT2D eigenvalue weighted by molar-refractivity contribution is 5.95. The minimum atomic E-state index is -0.0414. The third kappa shape index (κ3) is 3.57. The van der Waals surface area contributed by atoms with E-state index in [0.29, 0.717) is 24.6 Å². The van der Waals surface area contributed by atoms with Crippen LogP contribution in [0.15, 0.2) is 18.2 Å². The highest BCUT2D eigenvalue weighted by Crippen LogP contribution is 2.35. The second kappa shape index (κ2) is 6.94. The van der Waals surface area contributed by atoms with Crippen LogP contribution in [0.25, 0.3) is 0 Å². The molecule has 0 N–H and O–H groups in total. The number of hydrogen-bond donors (Lipinski definition) is 0. The molecule has 0 bridgehead atoms. The predicted molar refractivity (Wildman–Crippen MR) is 97.2 cm³/mol. The monoisotopic (exact) mass is 345 g/mol. The average molecular weight is 345 g/mol. The number of fused-ring (bicyclic) bond motifs is 1. The van der Waals surface area contributed by atoms with Gasteiger partial charge in [-0.05, 0) is 38.0 Å². The van der Waals surface area contributed by atoms with Crippen molar-refractivity contribution in [2.45, 2.75) is 38.3 Å². The minimum absolute atomic E-state index is 0.0162. The van der Waals surface area contributed by atoms with E-state index in [0.717, 1.165) is 30.8 Å². The summed E-state index contributed by atoms with van der Waals surface area (Å²) < 4.78 is 5.85. The van der Waals surface area contributed by atoms with E-state index >= 15 is 0 Å². The summed E-state index contributed by atoms with van der Waals surface area (Å²) in [4.78, 5) is 30.5. The van der Waals surface area contributed by atoms with Gasteiger partial charge in [0, 0.05) is 39.3 Å². The van der Waals surface area contributed by atoms with Gasteiger partial charge in [0.05, 0.1) is 18.2 Å². The maximum atomic E-state index is 12.6. The molecule has 0 spiro atoms. The number of rotatable bonds is 5. The zero-order chi connectivity index (χ0) is 18.1. The van der Waals surface area contributed by atoms with Crippen LogP contribution in [0.2, 0.25) is 0 Å². The molecule has 1 atom stereocenters. The highest BCUT2D eigenvalue weighted by Gasteiger charge is 2.34. The molecule has 6 nitrogen and oxygen atoms in total. The number of amides is 2. The summed E-state index contributed by atoms with van der Waals surface area (Å²) in [5.74, 6) is 0.908. The Kier molecular flexibility index (Phi) is 4.88. The van der Waals surface area contributed by atoms with Crippen molar-refractivity contribution in [1.82, 2.24) is 9.80 Å². The molecule has 6 heteroatoms. The number of hydrogen-bond acceptors (Lipinski definition) is 4. The Bertz CT molecular complexity index is 670. The van der Waals surface area contributed by atoms with Crippen LogP contribution in [-0.2, 0) is 4.79 Å². The number of carbonyl (C=O) groups excluding carboxylic acids is 2. The Hall–Kier alpha value is -2.24. The Morgan fingerprint density at radius 3 is 2.60 bits per heavy atom.